The highest BCUT2D eigenvalue weighted by Gasteiger charge is 2.32. The van der Waals surface area contributed by atoms with Crippen LogP contribution in [-0.4, -0.2) is 77.6 Å². The maximum atomic E-state index is 12.7. The lowest BCUT2D eigenvalue weighted by Crippen LogP contribution is -2.55. The standard InChI is InChI=1S/C24H34F3N3O3/c1-23(2,3)33-22(32)30-12-10-20(11-13-30)28-14-16-29(17-15-28)21(31)9-6-18-4-7-19(8-5-18)24(25,26)27/h4-5,7-8,20H,6,9-17H2,1-3H3. The SMILES string of the molecule is CC(C)(C)OC(=O)N1CCC(N2CCN(C(=O)CCc3ccc(C(F)(F)F)cc3)CC2)CC1. The first kappa shape index (κ1) is 25.3. The van der Waals surface area contributed by atoms with Gasteiger partial charge in [-0.2, -0.15) is 13.2 Å². The minimum absolute atomic E-state index is 0.0364. The number of aryl methyl sites for hydroxylation is 1. The van der Waals surface area contributed by atoms with E-state index in [0.717, 1.165) is 43.6 Å². The van der Waals surface area contributed by atoms with E-state index in [1.807, 2.05) is 25.7 Å². The highest BCUT2D eigenvalue weighted by Crippen LogP contribution is 2.29. The molecule has 1 aromatic rings. The molecular formula is C24H34F3N3O3. The van der Waals surface area contributed by atoms with E-state index in [1.54, 1.807) is 4.90 Å². The van der Waals surface area contributed by atoms with Gasteiger partial charge in [0.25, 0.3) is 0 Å². The zero-order valence-corrected chi connectivity index (χ0v) is 19.7. The van der Waals surface area contributed by atoms with E-state index in [-0.39, 0.29) is 12.0 Å². The van der Waals surface area contributed by atoms with Crippen LogP contribution in [0, 0.1) is 0 Å². The van der Waals surface area contributed by atoms with Crippen LogP contribution in [0.2, 0.25) is 0 Å². The van der Waals surface area contributed by atoms with Crippen molar-refractivity contribution in [2.24, 2.45) is 0 Å². The third-order valence-corrected chi connectivity index (χ3v) is 6.21. The van der Waals surface area contributed by atoms with E-state index in [4.69, 9.17) is 4.74 Å². The number of piperidine rings is 1. The molecular weight excluding hydrogens is 435 g/mol. The van der Waals surface area contributed by atoms with Crippen LogP contribution < -0.4 is 0 Å². The Morgan fingerprint density at radius 3 is 2.00 bits per heavy atom. The van der Waals surface area contributed by atoms with Gasteiger partial charge in [0.1, 0.15) is 5.60 Å². The number of rotatable bonds is 4. The Balaban J connectivity index is 1.38. The van der Waals surface area contributed by atoms with Crippen molar-refractivity contribution in [3.8, 4) is 0 Å². The fraction of sp³-hybridized carbons (Fsp3) is 0.667. The van der Waals surface area contributed by atoms with E-state index in [9.17, 15) is 22.8 Å². The zero-order valence-electron chi connectivity index (χ0n) is 19.7. The van der Waals surface area contributed by atoms with Gasteiger partial charge in [-0.15, -0.1) is 0 Å². The van der Waals surface area contributed by atoms with Gasteiger partial charge in [0, 0.05) is 51.7 Å². The molecule has 0 bridgehead atoms. The molecule has 2 heterocycles. The molecule has 0 N–H and O–H groups in total. The van der Waals surface area contributed by atoms with Crippen LogP contribution in [0.5, 0.6) is 0 Å². The summed E-state index contributed by atoms with van der Waals surface area (Å²) in [6.07, 6.45) is -2.10. The first-order chi connectivity index (χ1) is 15.4. The molecule has 2 saturated heterocycles. The van der Waals surface area contributed by atoms with Crippen molar-refractivity contribution >= 4 is 12.0 Å². The normalized spacial score (nSPS) is 19.0. The molecule has 0 aliphatic carbocycles. The maximum absolute atomic E-state index is 12.7. The molecule has 0 spiro atoms. The predicted octanol–water partition coefficient (Wildman–Crippen LogP) is 4.18. The van der Waals surface area contributed by atoms with Crippen molar-refractivity contribution < 1.29 is 27.5 Å². The van der Waals surface area contributed by atoms with Gasteiger partial charge in [-0.1, -0.05) is 12.1 Å². The molecule has 0 saturated carbocycles. The lowest BCUT2D eigenvalue weighted by molar-refractivity contribution is -0.137. The van der Waals surface area contributed by atoms with Gasteiger partial charge in [-0.05, 0) is 57.7 Å². The number of benzene rings is 1. The first-order valence-electron chi connectivity index (χ1n) is 11.6. The number of hydrogen-bond acceptors (Lipinski definition) is 4. The quantitative estimate of drug-likeness (QED) is 0.664. The molecule has 6 nitrogen and oxygen atoms in total. The number of carbonyl (C=O) groups excluding carboxylic acids is 2. The van der Waals surface area contributed by atoms with E-state index < -0.39 is 17.3 Å². The molecule has 2 aliphatic rings. The van der Waals surface area contributed by atoms with Crippen LogP contribution >= 0.6 is 0 Å². The third kappa shape index (κ3) is 7.35. The van der Waals surface area contributed by atoms with E-state index in [0.29, 0.717) is 45.1 Å². The Morgan fingerprint density at radius 1 is 0.909 bits per heavy atom. The molecule has 0 aromatic heterocycles. The van der Waals surface area contributed by atoms with E-state index >= 15 is 0 Å². The van der Waals surface area contributed by atoms with Gasteiger partial charge in [-0.25, -0.2) is 4.79 Å². The highest BCUT2D eigenvalue weighted by atomic mass is 19.4. The molecule has 1 aromatic carbocycles. The average molecular weight is 470 g/mol. The Labute approximate surface area is 193 Å². The van der Waals surface area contributed by atoms with Crippen LogP contribution in [-0.2, 0) is 22.1 Å². The average Bonchev–Trinajstić information content (AvgIpc) is 2.76. The second-order valence-electron chi connectivity index (χ2n) is 9.81. The topological polar surface area (TPSA) is 53.1 Å². The van der Waals surface area contributed by atoms with Crippen molar-refractivity contribution in [1.82, 2.24) is 14.7 Å². The zero-order chi connectivity index (χ0) is 24.2. The summed E-state index contributed by atoms with van der Waals surface area (Å²) >= 11 is 0. The Morgan fingerprint density at radius 2 is 1.48 bits per heavy atom. The van der Waals surface area contributed by atoms with Gasteiger partial charge in [-0.3, -0.25) is 9.69 Å². The number of nitrogens with zero attached hydrogens (tertiary/aromatic N) is 3. The van der Waals surface area contributed by atoms with Gasteiger partial charge in [0.2, 0.25) is 5.91 Å². The van der Waals surface area contributed by atoms with Crippen molar-refractivity contribution in [3.63, 3.8) is 0 Å². The number of alkyl halides is 3. The van der Waals surface area contributed by atoms with Gasteiger partial charge in [0.15, 0.2) is 0 Å². The molecule has 0 unspecified atom stereocenters. The molecule has 2 fully saturated rings. The Hall–Kier alpha value is -2.29. The van der Waals surface area contributed by atoms with Gasteiger partial charge < -0.3 is 14.5 Å². The summed E-state index contributed by atoms with van der Waals surface area (Å²) in [4.78, 5) is 30.8. The van der Waals surface area contributed by atoms with E-state index in [1.165, 1.54) is 12.1 Å². The molecule has 3 rings (SSSR count). The summed E-state index contributed by atoms with van der Waals surface area (Å²) in [5.41, 5.74) is -0.444. The number of hydrogen-bond donors (Lipinski definition) is 0. The highest BCUT2D eigenvalue weighted by molar-refractivity contribution is 5.76. The summed E-state index contributed by atoms with van der Waals surface area (Å²) in [6.45, 7) is 9.83. The van der Waals surface area contributed by atoms with Crippen molar-refractivity contribution in [2.45, 2.75) is 64.3 Å². The molecule has 2 aliphatic heterocycles. The third-order valence-electron chi connectivity index (χ3n) is 6.21. The lowest BCUT2D eigenvalue weighted by atomic mass is 10.0. The minimum atomic E-state index is -4.35. The molecule has 2 amide bonds. The summed E-state index contributed by atoms with van der Waals surface area (Å²) in [5.74, 6) is 0.0364. The van der Waals surface area contributed by atoms with Gasteiger partial charge >= 0.3 is 12.3 Å². The fourth-order valence-corrected chi connectivity index (χ4v) is 4.35. The summed E-state index contributed by atoms with van der Waals surface area (Å²) in [5, 5.41) is 0. The summed E-state index contributed by atoms with van der Waals surface area (Å²) in [7, 11) is 0. The largest absolute Gasteiger partial charge is 0.444 e. The van der Waals surface area contributed by atoms with Crippen LogP contribution in [0.3, 0.4) is 0 Å². The van der Waals surface area contributed by atoms with Crippen molar-refractivity contribution in [2.75, 3.05) is 39.3 Å². The van der Waals surface area contributed by atoms with Crippen LogP contribution in [0.4, 0.5) is 18.0 Å². The Kier molecular flexibility index (Phi) is 7.92. The van der Waals surface area contributed by atoms with Crippen molar-refractivity contribution in [1.29, 1.82) is 0 Å². The lowest BCUT2D eigenvalue weighted by Gasteiger charge is -2.42. The van der Waals surface area contributed by atoms with Crippen LogP contribution in [0.15, 0.2) is 24.3 Å². The smallest absolute Gasteiger partial charge is 0.416 e. The Bertz CT molecular complexity index is 805. The van der Waals surface area contributed by atoms with Crippen LogP contribution in [0.1, 0.15) is 51.2 Å². The minimum Gasteiger partial charge on any atom is -0.444 e. The summed E-state index contributed by atoms with van der Waals surface area (Å²) < 4.78 is 43.5. The van der Waals surface area contributed by atoms with E-state index in [2.05, 4.69) is 4.90 Å². The number of carbonyl (C=O) groups is 2. The molecule has 0 atom stereocenters. The maximum Gasteiger partial charge on any atom is 0.416 e. The van der Waals surface area contributed by atoms with Crippen molar-refractivity contribution in [3.05, 3.63) is 35.4 Å². The van der Waals surface area contributed by atoms with Crippen LogP contribution in [0.25, 0.3) is 0 Å². The number of halogens is 3. The number of amides is 2. The monoisotopic (exact) mass is 469 g/mol. The molecule has 9 heteroatoms. The number of piperazine rings is 1. The molecule has 0 radical (unpaired) electrons. The number of likely N-dealkylation sites (tertiary alicyclic amines) is 1. The second kappa shape index (κ2) is 10.3. The number of ether oxygens (including phenoxy) is 1. The first-order valence-corrected chi connectivity index (χ1v) is 11.6. The predicted molar refractivity (Wildman–Crippen MR) is 119 cm³/mol. The van der Waals surface area contributed by atoms with Gasteiger partial charge in [0.05, 0.1) is 5.56 Å². The molecule has 33 heavy (non-hydrogen) atoms. The molecule has 184 valence electrons. The summed E-state index contributed by atoms with van der Waals surface area (Å²) in [6, 6.07) is 5.41. The second-order valence-corrected chi connectivity index (χ2v) is 9.81. The fourth-order valence-electron chi connectivity index (χ4n) is 4.35.